The Bertz CT molecular complexity index is 895. The van der Waals surface area contributed by atoms with Crippen LogP contribution in [0.1, 0.15) is 29.2 Å². The summed E-state index contributed by atoms with van der Waals surface area (Å²) >= 11 is 0. The van der Waals surface area contributed by atoms with E-state index in [-0.39, 0.29) is 28.4 Å². The summed E-state index contributed by atoms with van der Waals surface area (Å²) in [5.41, 5.74) is 6.62. The maximum absolute atomic E-state index is 13.4. The number of carbonyl (C=O) groups is 1. The van der Waals surface area contributed by atoms with E-state index in [0.29, 0.717) is 11.1 Å². The molecule has 2 aromatic carbocycles. The molecule has 0 aliphatic carbocycles. The minimum atomic E-state index is -0.556. The van der Waals surface area contributed by atoms with Crippen molar-refractivity contribution in [1.29, 1.82) is 10.5 Å². The molecular formula is C18H16F2N4O. The van der Waals surface area contributed by atoms with E-state index in [1.165, 1.54) is 45.0 Å². The predicted molar refractivity (Wildman–Crippen MR) is 90.4 cm³/mol. The number of halogens is 2. The Morgan fingerprint density at radius 2 is 1.48 bits per heavy atom. The first-order valence-electron chi connectivity index (χ1n) is 7.14. The van der Waals surface area contributed by atoms with Crippen LogP contribution in [0.2, 0.25) is 0 Å². The highest BCUT2D eigenvalue weighted by molar-refractivity contribution is 5.89. The topological polar surface area (TPSA) is 103 Å². The number of nitrogens with one attached hydrogen (secondary N) is 1. The summed E-state index contributed by atoms with van der Waals surface area (Å²) in [5, 5.41) is 19.4. The van der Waals surface area contributed by atoms with Gasteiger partial charge in [0.1, 0.15) is 5.82 Å². The molecule has 0 spiro atoms. The second kappa shape index (κ2) is 8.42. The van der Waals surface area contributed by atoms with Gasteiger partial charge in [0.15, 0.2) is 5.82 Å². The van der Waals surface area contributed by atoms with Crippen LogP contribution in [0.25, 0.3) is 0 Å². The third-order valence-electron chi connectivity index (χ3n) is 3.35. The minimum absolute atomic E-state index is 0.0847. The number of nitrogen functional groups attached to an aromatic ring is 1. The lowest BCUT2D eigenvalue weighted by atomic mass is 10.1. The van der Waals surface area contributed by atoms with Gasteiger partial charge in [0.25, 0.3) is 0 Å². The minimum Gasteiger partial charge on any atom is -0.396 e. The summed E-state index contributed by atoms with van der Waals surface area (Å²) in [7, 11) is 0. The van der Waals surface area contributed by atoms with Crippen LogP contribution in [0.4, 0.5) is 20.2 Å². The first-order chi connectivity index (χ1) is 11.7. The average Bonchev–Trinajstić information content (AvgIpc) is 2.58. The molecule has 1 amide bonds. The predicted octanol–water partition coefficient (Wildman–Crippen LogP) is 3.55. The molecule has 0 aliphatic rings. The fourth-order valence-corrected chi connectivity index (χ4v) is 1.92. The summed E-state index contributed by atoms with van der Waals surface area (Å²) in [6.45, 7) is 4.33. The number of hydrogen-bond acceptors (Lipinski definition) is 4. The van der Waals surface area contributed by atoms with Gasteiger partial charge in [-0.3, -0.25) is 4.79 Å². The monoisotopic (exact) mass is 342 g/mol. The second-order valence-electron chi connectivity index (χ2n) is 5.15. The zero-order chi connectivity index (χ0) is 19.1. The quantitative estimate of drug-likeness (QED) is 0.773. The Morgan fingerprint density at radius 3 is 1.96 bits per heavy atom. The number of amides is 1. The molecular weight excluding hydrogens is 326 g/mol. The van der Waals surface area contributed by atoms with Crippen LogP contribution in [0.3, 0.4) is 0 Å². The molecule has 0 aromatic heterocycles. The Balaban J connectivity index is 0.000000257. The molecule has 2 aromatic rings. The van der Waals surface area contributed by atoms with E-state index in [9.17, 15) is 13.6 Å². The zero-order valence-corrected chi connectivity index (χ0v) is 13.9. The van der Waals surface area contributed by atoms with Crippen LogP contribution >= 0.6 is 0 Å². The highest BCUT2D eigenvalue weighted by Crippen LogP contribution is 2.20. The van der Waals surface area contributed by atoms with Gasteiger partial charge in [-0.15, -0.1) is 0 Å². The summed E-state index contributed by atoms with van der Waals surface area (Å²) in [4.78, 5) is 10.7. The number of nitrogens with zero attached hydrogens (tertiary/aromatic N) is 2. The van der Waals surface area contributed by atoms with Crippen molar-refractivity contribution < 1.29 is 13.6 Å². The fraction of sp³-hybridized carbons (Fsp3) is 0.167. The van der Waals surface area contributed by atoms with Gasteiger partial charge in [-0.1, -0.05) is 0 Å². The molecule has 5 nitrogen and oxygen atoms in total. The number of rotatable bonds is 1. The van der Waals surface area contributed by atoms with Crippen LogP contribution in [-0.4, -0.2) is 5.91 Å². The van der Waals surface area contributed by atoms with E-state index in [1.54, 1.807) is 0 Å². The van der Waals surface area contributed by atoms with Crippen molar-refractivity contribution in [2.45, 2.75) is 20.8 Å². The van der Waals surface area contributed by atoms with Gasteiger partial charge in [0.05, 0.1) is 34.6 Å². The first kappa shape index (κ1) is 19.6. The maximum Gasteiger partial charge on any atom is 0.221 e. The summed E-state index contributed by atoms with van der Waals surface area (Å²) in [6.07, 6.45) is 0. The maximum atomic E-state index is 13.4. The van der Waals surface area contributed by atoms with E-state index in [0.717, 1.165) is 0 Å². The van der Waals surface area contributed by atoms with Crippen molar-refractivity contribution >= 4 is 17.3 Å². The van der Waals surface area contributed by atoms with Crippen molar-refractivity contribution in [3.05, 3.63) is 58.2 Å². The van der Waals surface area contributed by atoms with Gasteiger partial charge < -0.3 is 11.1 Å². The fourth-order valence-electron chi connectivity index (χ4n) is 1.92. The Kier molecular flexibility index (Phi) is 6.60. The van der Waals surface area contributed by atoms with Gasteiger partial charge >= 0.3 is 0 Å². The normalized spacial score (nSPS) is 9.24. The van der Waals surface area contributed by atoms with Crippen LogP contribution in [-0.2, 0) is 4.79 Å². The molecule has 0 atom stereocenters. The summed E-state index contributed by atoms with van der Waals surface area (Å²) < 4.78 is 26.3. The van der Waals surface area contributed by atoms with Crippen LogP contribution in [0, 0.1) is 48.1 Å². The van der Waals surface area contributed by atoms with Crippen LogP contribution < -0.4 is 11.1 Å². The van der Waals surface area contributed by atoms with Crippen LogP contribution in [0.5, 0.6) is 0 Å². The molecule has 0 unspecified atom stereocenters. The van der Waals surface area contributed by atoms with Gasteiger partial charge in [0.2, 0.25) is 5.91 Å². The van der Waals surface area contributed by atoms with Gasteiger partial charge in [-0.2, -0.15) is 10.5 Å². The van der Waals surface area contributed by atoms with Crippen molar-refractivity contribution in [2.24, 2.45) is 0 Å². The van der Waals surface area contributed by atoms with Crippen molar-refractivity contribution in [2.75, 3.05) is 11.1 Å². The molecule has 0 saturated carbocycles. The molecule has 128 valence electrons. The Hall–Kier alpha value is -3.45. The van der Waals surface area contributed by atoms with Crippen LogP contribution in [0.15, 0.2) is 24.3 Å². The average molecular weight is 342 g/mol. The molecule has 0 bridgehead atoms. The zero-order valence-electron chi connectivity index (χ0n) is 13.9. The number of carbonyl (C=O) groups excluding carboxylic acids is 1. The summed E-state index contributed by atoms with van der Waals surface area (Å²) in [5.74, 6) is -1.39. The van der Waals surface area contributed by atoms with E-state index in [4.69, 9.17) is 16.3 Å². The molecule has 25 heavy (non-hydrogen) atoms. The third kappa shape index (κ3) is 4.76. The largest absolute Gasteiger partial charge is 0.396 e. The van der Waals surface area contributed by atoms with Gasteiger partial charge in [-0.25, -0.2) is 8.78 Å². The van der Waals surface area contributed by atoms with Crippen molar-refractivity contribution in [3.63, 3.8) is 0 Å². The standard InChI is InChI=1S/C10H9FN2O.C8H7FN2/c1-6-8(5-12)3-4-9(10(6)11)13-7(2)14;1-5-6(4-10)2-3-7(11)8(5)9/h3-4H,1-2H3,(H,13,14);2-3H,11H2,1H3. The van der Waals surface area contributed by atoms with E-state index >= 15 is 0 Å². The lowest BCUT2D eigenvalue weighted by molar-refractivity contribution is -0.114. The molecule has 3 N–H and O–H groups in total. The molecule has 0 saturated heterocycles. The van der Waals surface area contributed by atoms with Crippen molar-refractivity contribution in [1.82, 2.24) is 0 Å². The molecule has 7 heteroatoms. The van der Waals surface area contributed by atoms with Gasteiger partial charge in [0, 0.05) is 18.1 Å². The lowest BCUT2D eigenvalue weighted by Crippen LogP contribution is -2.08. The van der Waals surface area contributed by atoms with E-state index in [2.05, 4.69) is 5.32 Å². The smallest absolute Gasteiger partial charge is 0.221 e. The number of hydrogen-bond donors (Lipinski definition) is 2. The highest BCUT2D eigenvalue weighted by Gasteiger charge is 2.10. The van der Waals surface area contributed by atoms with Crippen molar-refractivity contribution in [3.8, 4) is 12.1 Å². The first-order valence-corrected chi connectivity index (χ1v) is 7.14. The Labute approximate surface area is 144 Å². The highest BCUT2D eigenvalue weighted by atomic mass is 19.1. The molecule has 0 aliphatic heterocycles. The molecule has 0 radical (unpaired) electrons. The number of anilines is 2. The molecule has 0 heterocycles. The summed E-state index contributed by atoms with van der Waals surface area (Å²) in [6, 6.07) is 9.48. The number of benzene rings is 2. The Morgan fingerprint density at radius 1 is 1.00 bits per heavy atom. The SMILES string of the molecule is CC(=O)Nc1ccc(C#N)c(C)c1F.Cc1c(C#N)ccc(N)c1F. The number of nitrogens with two attached hydrogens (primary N) is 1. The van der Waals surface area contributed by atoms with E-state index < -0.39 is 11.6 Å². The lowest BCUT2D eigenvalue weighted by Gasteiger charge is -2.06. The second-order valence-corrected chi connectivity index (χ2v) is 5.15. The third-order valence-corrected chi connectivity index (χ3v) is 3.35. The molecule has 2 rings (SSSR count). The van der Waals surface area contributed by atoms with E-state index in [1.807, 2.05) is 12.1 Å². The van der Waals surface area contributed by atoms with Gasteiger partial charge in [-0.05, 0) is 38.1 Å². The number of nitriles is 2. The molecule has 0 fully saturated rings.